The highest BCUT2D eigenvalue weighted by Crippen LogP contribution is 2.68. The molecule has 5 heteroatoms. The van der Waals surface area contributed by atoms with Gasteiger partial charge >= 0.3 is 0 Å². The van der Waals surface area contributed by atoms with Gasteiger partial charge in [0.15, 0.2) is 0 Å². The number of nitrogens with zero attached hydrogens (tertiary/aromatic N) is 1. The van der Waals surface area contributed by atoms with Crippen molar-refractivity contribution in [2.45, 2.75) is 112 Å². The predicted molar refractivity (Wildman–Crippen MR) is 136 cm³/mol. The zero-order chi connectivity index (χ0) is 24.8. The van der Waals surface area contributed by atoms with E-state index in [1.54, 1.807) is 0 Å². The van der Waals surface area contributed by atoms with Gasteiger partial charge in [0.1, 0.15) is 0 Å². The van der Waals surface area contributed by atoms with E-state index in [0.717, 1.165) is 30.1 Å². The normalized spacial score (nSPS) is 40.4. The van der Waals surface area contributed by atoms with Gasteiger partial charge in [-0.05, 0) is 97.2 Å². The van der Waals surface area contributed by atoms with Gasteiger partial charge in [0.25, 0.3) is 5.70 Å². The van der Waals surface area contributed by atoms with Crippen molar-refractivity contribution in [2.75, 3.05) is 0 Å². The van der Waals surface area contributed by atoms with Crippen molar-refractivity contribution in [1.29, 1.82) is 0 Å². The van der Waals surface area contributed by atoms with Gasteiger partial charge in [-0.2, -0.15) is 0 Å². The van der Waals surface area contributed by atoms with E-state index in [-0.39, 0.29) is 21.9 Å². The molecule has 0 aromatic rings. The van der Waals surface area contributed by atoms with Crippen LogP contribution in [0.25, 0.3) is 0 Å². The van der Waals surface area contributed by atoms with E-state index in [4.69, 9.17) is 0 Å². The lowest BCUT2D eigenvalue weighted by atomic mass is 9.44. The second-order valence-electron chi connectivity index (χ2n) is 13.4. The molecule has 4 rings (SSSR count). The van der Waals surface area contributed by atoms with E-state index in [2.05, 4.69) is 39.9 Å². The average molecular weight is 473 g/mol. The summed E-state index contributed by atoms with van der Waals surface area (Å²) in [6.07, 6.45) is 12.9. The van der Waals surface area contributed by atoms with Gasteiger partial charge in [0.05, 0.1) is 10.6 Å². The molecule has 8 atom stereocenters. The fraction of sp³-hybridized carbons (Fsp3) is 0.897. The van der Waals surface area contributed by atoms with Gasteiger partial charge in [-0.3, -0.25) is 14.9 Å². The number of hydrogen-bond acceptors (Lipinski definition) is 3. The Morgan fingerprint density at radius 2 is 1.76 bits per heavy atom. The summed E-state index contributed by atoms with van der Waals surface area (Å²) >= 11 is 0. The average Bonchev–Trinajstić information content (AvgIpc) is 3.10. The minimum absolute atomic E-state index is 0.0183. The first kappa shape index (κ1) is 25.7. The lowest BCUT2D eigenvalue weighted by Crippen LogP contribution is -2.54. The first-order valence-corrected chi connectivity index (χ1v) is 14.1. The highest BCUT2D eigenvalue weighted by Gasteiger charge is 2.61. The fourth-order valence-electron chi connectivity index (χ4n) is 9.51. The highest BCUT2D eigenvalue weighted by molar-refractivity contribution is 5.75. The molecule has 4 aliphatic carbocycles. The first-order chi connectivity index (χ1) is 16.0. The highest BCUT2D eigenvalue weighted by atomic mass is 16.6. The van der Waals surface area contributed by atoms with Crippen LogP contribution in [0.15, 0.2) is 11.4 Å². The number of nitro groups is 1. The van der Waals surface area contributed by atoms with E-state index in [0.29, 0.717) is 41.7 Å². The van der Waals surface area contributed by atoms with Crippen LogP contribution in [0.4, 0.5) is 0 Å². The van der Waals surface area contributed by atoms with Crippen LogP contribution in [0.5, 0.6) is 0 Å². The first-order valence-electron chi connectivity index (χ1n) is 14.1. The Kier molecular flexibility index (Phi) is 7.24. The Morgan fingerprint density at radius 3 is 2.41 bits per heavy atom. The number of carbonyl (C=O) groups excluding carboxylic acids is 1. The Labute approximate surface area is 207 Å². The van der Waals surface area contributed by atoms with Crippen LogP contribution in [0.3, 0.4) is 0 Å². The second-order valence-corrected chi connectivity index (χ2v) is 13.4. The van der Waals surface area contributed by atoms with Crippen molar-refractivity contribution >= 4 is 5.91 Å². The molecule has 0 bridgehead atoms. The van der Waals surface area contributed by atoms with Gasteiger partial charge in [-0.1, -0.05) is 53.9 Å². The Morgan fingerprint density at radius 1 is 1.06 bits per heavy atom. The molecule has 5 nitrogen and oxygen atoms in total. The van der Waals surface area contributed by atoms with Crippen LogP contribution in [0, 0.1) is 62.4 Å². The van der Waals surface area contributed by atoms with Crippen LogP contribution < -0.4 is 5.32 Å². The van der Waals surface area contributed by atoms with Crippen LogP contribution in [0.2, 0.25) is 0 Å². The molecular formula is C29H48N2O3. The van der Waals surface area contributed by atoms with Crippen molar-refractivity contribution in [2.24, 2.45) is 52.3 Å². The van der Waals surface area contributed by atoms with Crippen molar-refractivity contribution in [3.05, 3.63) is 21.5 Å². The van der Waals surface area contributed by atoms with E-state index < -0.39 is 0 Å². The molecule has 1 N–H and O–H groups in total. The summed E-state index contributed by atoms with van der Waals surface area (Å²) in [5, 5.41) is 14.8. The van der Waals surface area contributed by atoms with E-state index in [1.807, 2.05) is 0 Å². The van der Waals surface area contributed by atoms with Crippen LogP contribution in [0.1, 0.15) is 112 Å². The molecule has 0 saturated heterocycles. The second kappa shape index (κ2) is 9.58. The molecule has 0 radical (unpaired) electrons. The maximum Gasteiger partial charge on any atom is 0.265 e. The summed E-state index contributed by atoms with van der Waals surface area (Å²) in [7, 11) is 0. The maximum atomic E-state index is 12.0. The third kappa shape index (κ3) is 4.46. The lowest BCUT2D eigenvalue weighted by Gasteiger charge is -2.60. The number of allylic oxidation sites excluding steroid dienone is 2. The van der Waals surface area contributed by atoms with Crippen molar-refractivity contribution in [1.82, 2.24) is 5.32 Å². The quantitative estimate of drug-likeness (QED) is 0.311. The van der Waals surface area contributed by atoms with E-state index >= 15 is 0 Å². The van der Waals surface area contributed by atoms with Gasteiger partial charge < -0.3 is 5.32 Å². The molecule has 0 unspecified atom stereocenters. The summed E-state index contributed by atoms with van der Waals surface area (Å²) in [5.41, 5.74) is 1.27. The summed E-state index contributed by atoms with van der Waals surface area (Å²) in [5.74, 6) is 4.75. The largest absolute Gasteiger partial charge is 0.324 e. The van der Waals surface area contributed by atoms with E-state index in [1.165, 1.54) is 58.3 Å². The third-order valence-electron chi connectivity index (χ3n) is 11.2. The molecule has 0 aliphatic heterocycles. The van der Waals surface area contributed by atoms with Crippen LogP contribution in [-0.4, -0.2) is 10.8 Å². The van der Waals surface area contributed by atoms with Gasteiger partial charge in [-0.25, -0.2) is 0 Å². The third-order valence-corrected chi connectivity index (χ3v) is 11.2. The standard InChI is InChI=1S/C29H48N2O3/c1-18(2)8-7-9-19(3)23-12-13-24-22-11-10-21-16-26(30-20(4)32)27(31(33)34)17-29(21,6)25(22)14-15-28(23,24)5/h18-19,21-25H,7-17H2,1-6H3,(H,30,32)/t19-,21+,22+,23-,24+,25+,28-,29+/m1/s1. The molecule has 4 aliphatic rings. The maximum absolute atomic E-state index is 12.0. The Balaban J connectivity index is 1.53. The molecule has 0 heterocycles. The van der Waals surface area contributed by atoms with Crippen molar-refractivity contribution in [3.8, 4) is 0 Å². The fourth-order valence-corrected chi connectivity index (χ4v) is 9.51. The minimum atomic E-state index is -0.215. The number of hydrogen-bond donors (Lipinski definition) is 1. The van der Waals surface area contributed by atoms with E-state index in [9.17, 15) is 14.9 Å². The number of fused-ring (bicyclic) bond motifs is 5. The number of amides is 1. The molecule has 0 aromatic heterocycles. The molecule has 1 amide bonds. The van der Waals surface area contributed by atoms with Gasteiger partial charge in [0.2, 0.25) is 5.91 Å². The number of carbonyl (C=O) groups is 1. The van der Waals surface area contributed by atoms with Crippen molar-refractivity contribution < 1.29 is 9.72 Å². The predicted octanol–water partition coefficient (Wildman–Crippen LogP) is 7.34. The summed E-state index contributed by atoms with van der Waals surface area (Å²) < 4.78 is 0. The number of nitrogens with one attached hydrogen (secondary N) is 1. The molecule has 0 aromatic carbocycles. The lowest BCUT2D eigenvalue weighted by molar-refractivity contribution is -0.434. The molecule has 192 valence electrons. The Bertz CT molecular complexity index is 835. The molecule has 3 fully saturated rings. The minimum Gasteiger partial charge on any atom is -0.324 e. The monoisotopic (exact) mass is 472 g/mol. The topological polar surface area (TPSA) is 72.2 Å². The molecular weight excluding hydrogens is 424 g/mol. The zero-order valence-corrected chi connectivity index (χ0v) is 22.5. The Hall–Kier alpha value is -1.39. The number of rotatable bonds is 7. The van der Waals surface area contributed by atoms with Gasteiger partial charge in [-0.15, -0.1) is 0 Å². The van der Waals surface area contributed by atoms with Crippen molar-refractivity contribution in [3.63, 3.8) is 0 Å². The van der Waals surface area contributed by atoms with Crippen LogP contribution >= 0.6 is 0 Å². The smallest absolute Gasteiger partial charge is 0.265 e. The summed E-state index contributed by atoms with van der Waals surface area (Å²) in [4.78, 5) is 23.5. The molecule has 0 spiro atoms. The molecule has 3 saturated carbocycles. The zero-order valence-electron chi connectivity index (χ0n) is 22.5. The van der Waals surface area contributed by atoms with Gasteiger partial charge in [0, 0.05) is 13.3 Å². The summed E-state index contributed by atoms with van der Waals surface area (Å²) in [6, 6.07) is 0. The SMILES string of the molecule is CC(=O)NC1=C([N+](=O)[O-])C[C@@]2(C)[C@@H](CC[C@@H]3[C@@H]2CC[C@]2(C)[C@@H]([C@H](C)CCCC(C)C)CC[C@@H]32)C1. The summed E-state index contributed by atoms with van der Waals surface area (Å²) in [6.45, 7) is 13.6. The molecule has 34 heavy (non-hydrogen) atoms. The van der Waals surface area contributed by atoms with Crippen LogP contribution in [-0.2, 0) is 4.79 Å².